The fraction of sp³-hybridized carbons (Fsp3) is 0.471. The lowest BCUT2D eigenvalue weighted by atomic mass is 10.0. The van der Waals surface area contributed by atoms with Gasteiger partial charge >= 0.3 is 18.0 Å². The molecule has 138 valence electrons. The first-order chi connectivity index (χ1) is 11.6. The number of rotatable bonds is 6. The zero-order valence-electron chi connectivity index (χ0n) is 14.9. The number of hydrogen-bond acceptors (Lipinski definition) is 6. The van der Waals surface area contributed by atoms with E-state index in [-0.39, 0.29) is 17.7 Å². The monoisotopic (exact) mass is 353 g/mol. The maximum atomic E-state index is 11.9. The second kappa shape index (κ2) is 8.36. The number of carbonyl (C=O) groups is 3. The topological polar surface area (TPSA) is 111 Å². The van der Waals surface area contributed by atoms with Gasteiger partial charge in [0.15, 0.2) is 0 Å². The van der Waals surface area contributed by atoms with Crippen molar-refractivity contribution >= 4 is 18.0 Å². The Hall–Kier alpha value is -2.77. The number of hydrogen-bond donors (Lipinski definition) is 2. The summed E-state index contributed by atoms with van der Waals surface area (Å²) in [6, 6.07) is 3.46. The van der Waals surface area contributed by atoms with Gasteiger partial charge < -0.3 is 24.6 Å². The molecule has 1 aromatic rings. The molecule has 1 atom stereocenters. The highest BCUT2D eigenvalue weighted by atomic mass is 16.6. The van der Waals surface area contributed by atoms with Crippen LogP contribution < -0.4 is 10.1 Å². The highest BCUT2D eigenvalue weighted by molar-refractivity contribution is 5.91. The predicted molar refractivity (Wildman–Crippen MR) is 88.8 cm³/mol. The molecule has 1 rings (SSSR count). The molecule has 0 spiro atoms. The summed E-state index contributed by atoms with van der Waals surface area (Å²) in [4.78, 5) is 35.1. The molecule has 0 saturated heterocycles. The van der Waals surface area contributed by atoms with Gasteiger partial charge in [0.1, 0.15) is 23.0 Å². The molecule has 0 saturated carbocycles. The van der Waals surface area contributed by atoms with Crippen LogP contribution in [0.5, 0.6) is 5.75 Å². The maximum Gasteiger partial charge on any atom is 0.408 e. The molecule has 1 amide bonds. The summed E-state index contributed by atoms with van der Waals surface area (Å²) in [5.41, 5.74) is -0.244. The van der Waals surface area contributed by atoms with Gasteiger partial charge in [-0.25, -0.2) is 14.4 Å². The molecular formula is C17H23NO7. The zero-order valence-corrected chi connectivity index (χ0v) is 14.9. The molecule has 0 aliphatic rings. The standard InChI is InChI=1S/C17H23NO7/c1-17(2,3)25-16(22)18-12(15(21)24-5)9-10-6-7-13(23-4)11(8-10)14(19)20/h6-8,12H,9H2,1-5H3,(H,18,22)(H,19,20). The summed E-state index contributed by atoms with van der Waals surface area (Å²) in [5.74, 6) is -1.63. The first-order valence-corrected chi connectivity index (χ1v) is 7.55. The molecule has 8 heteroatoms. The third kappa shape index (κ3) is 6.33. The fourth-order valence-electron chi connectivity index (χ4n) is 2.07. The Morgan fingerprint density at radius 3 is 2.32 bits per heavy atom. The number of ether oxygens (including phenoxy) is 3. The Bertz CT molecular complexity index is 649. The lowest BCUT2D eigenvalue weighted by Gasteiger charge is -2.22. The van der Waals surface area contributed by atoms with E-state index in [0.29, 0.717) is 5.56 Å². The average molecular weight is 353 g/mol. The van der Waals surface area contributed by atoms with Gasteiger partial charge in [-0.3, -0.25) is 0 Å². The molecule has 25 heavy (non-hydrogen) atoms. The van der Waals surface area contributed by atoms with Gasteiger partial charge in [0.2, 0.25) is 0 Å². The SMILES string of the molecule is COC(=O)C(Cc1ccc(OC)c(C(=O)O)c1)NC(=O)OC(C)(C)C. The highest BCUT2D eigenvalue weighted by Gasteiger charge is 2.26. The Kier molecular flexibility index (Phi) is 6.78. The van der Waals surface area contributed by atoms with Crippen molar-refractivity contribution in [1.82, 2.24) is 5.32 Å². The largest absolute Gasteiger partial charge is 0.496 e. The number of carboxylic acid groups (broad SMARTS) is 1. The van der Waals surface area contributed by atoms with Gasteiger partial charge in [0, 0.05) is 6.42 Å². The van der Waals surface area contributed by atoms with E-state index >= 15 is 0 Å². The fourth-order valence-corrected chi connectivity index (χ4v) is 2.07. The molecular weight excluding hydrogens is 330 g/mol. The summed E-state index contributed by atoms with van der Waals surface area (Å²) in [7, 11) is 2.56. The van der Waals surface area contributed by atoms with E-state index in [4.69, 9.17) is 9.47 Å². The van der Waals surface area contributed by atoms with Crippen molar-refractivity contribution in [2.45, 2.75) is 38.8 Å². The summed E-state index contributed by atoms with van der Waals surface area (Å²) >= 11 is 0. The number of aromatic carboxylic acids is 1. The van der Waals surface area contributed by atoms with E-state index in [1.54, 1.807) is 26.8 Å². The van der Waals surface area contributed by atoms with Gasteiger partial charge in [-0.05, 0) is 38.5 Å². The second-order valence-electron chi connectivity index (χ2n) is 6.27. The number of benzene rings is 1. The normalized spacial score (nSPS) is 12.0. The van der Waals surface area contributed by atoms with Crippen LogP contribution in [-0.4, -0.2) is 49.0 Å². The Morgan fingerprint density at radius 2 is 1.84 bits per heavy atom. The number of methoxy groups -OCH3 is 2. The Morgan fingerprint density at radius 1 is 1.20 bits per heavy atom. The summed E-state index contributed by atoms with van der Waals surface area (Å²) in [6.45, 7) is 5.09. The van der Waals surface area contributed by atoms with E-state index in [1.165, 1.54) is 26.4 Å². The minimum Gasteiger partial charge on any atom is -0.496 e. The number of carbonyl (C=O) groups excluding carboxylic acids is 2. The van der Waals surface area contributed by atoms with Crippen molar-refractivity contribution in [2.24, 2.45) is 0 Å². The minimum absolute atomic E-state index is 0.0379. The van der Waals surface area contributed by atoms with E-state index in [9.17, 15) is 19.5 Å². The minimum atomic E-state index is -1.16. The highest BCUT2D eigenvalue weighted by Crippen LogP contribution is 2.21. The molecule has 1 unspecified atom stereocenters. The molecule has 0 heterocycles. The first-order valence-electron chi connectivity index (χ1n) is 7.55. The third-order valence-corrected chi connectivity index (χ3v) is 3.11. The van der Waals surface area contributed by atoms with E-state index < -0.39 is 29.7 Å². The summed E-state index contributed by atoms with van der Waals surface area (Å²) < 4.78 is 14.8. The number of amides is 1. The summed E-state index contributed by atoms with van der Waals surface area (Å²) in [5, 5.41) is 11.7. The molecule has 0 aromatic heterocycles. The number of alkyl carbamates (subject to hydrolysis) is 1. The lowest BCUT2D eigenvalue weighted by molar-refractivity contribution is -0.143. The van der Waals surface area contributed by atoms with E-state index in [0.717, 1.165) is 0 Å². The van der Waals surface area contributed by atoms with Crippen molar-refractivity contribution in [2.75, 3.05) is 14.2 Å². The van der Waals surface area contributed by atoms with Crippen molar-refractivity contribution in [3.05, 3.63) is 29.3 Å². The smallest absolute Gasteiger partial charge is 0.408 e. The van der Waals surface area contributed by atoms with Crippen molar-refractivity contribution < 1.29 is 33.7 Å². The van der Waals surface area contributed by atoms with Gasteiger partial charge in [-0.1, -0.05) is 6.07 Å². The molecule has 0 aliphatic heterocycles. The molecule has 0 bridgehead atoms. The number of nitrogens with one attached hydrogen (secondary N) is 1. The van der Waals surface area contributed by atoms with Crippen molar-refractivity contribution in [1.29, 1.82) is 0 Å². The number of esters is 1. The molecule has 1 aromatic carbocycles. The quantitative estimate of drug-likeness (QED) is 0.752. The maximum absolute atomic E-state index is 11.9. The zero-order chi connectivity index (χ0) is 19.2. The van der Waals surface area contributed by atoms with Crippen LogP contribution in [-0.2, 0) is 20.7 Å². The predicted octanol–water partition coefficient (Wildman–Crippen LogP) is 2.00. The van der Waals surface area contributed by atoms with Crippen LogP contribution in [0.25, 0.3) is 0 Å². The molecule has 0 radical (unpaired) electrons. The van der Waals surface area contributed by atoms with Crippen LogP contribution in [0.3, 0.4) is 0 Å². The van der Waals surface area contributed by atoms with E-state index in [1.807, 2.05) is 0 Å². The summed E-state index contributed by atoms with van der Waals surface area (Å²) in [6.07, 6.45) is -0.731. The van der Waals surface area contributed by atoms with Crippen LogP contribution in [0.4, 0.5) is 4.79 Å². The molecule has 2 N–H and O–H groups in total. The van der Waals surface area contributed by atoms with Crippen molar-refractivity contribution in [3.8, 4) is 5.75 Å². The van der Waals surface area contributed by atoms with Gasteiger partial charge in [-0.2, -0.15) is 0 Å². The van der Waals surface area contributed by atoms with Gasteiger partial charge in [0.05, 0.1) is 14.2 Å². The Balaban J connectivity index is 2.99. The van der Waals surface area contributed by atoms with Crippen LogP contribution in [0.15, 0.2) is 18.2 Å². The van der Waals surface area contributed by atoms with Crippen LogP contribution >= 0.6 is 0 Å². The van der Waals surface area contributed by atoms with Crippen LogP contribution in [0.2, 0.25) is 0 Å². The van der Waals surface area contributed by atoms with Crippen LogP contribution in [0, 0.1) is 0 Å². The van der Waals surface area contributed by atoms with E-state index in [2.05, 4.69) is 10.1 Å². The molecule has 0 aliphatic carbocycles. The first kappa shape index (κ1) is 20.3. The van der Waals surface area contributed by atoms with Gasteiger partial charge in [0.25, 0.3) is 0 Å². The second-order valence-corrected chi connectivity index (χ2v) is 6.27. The third-order valence-electron chi connectivity index (χ3n) is 3.11. The average Bonchev–Trinajstić information content (AvgIpc) is 2.51. The molecule has 8 nitrogen and oxygen atoms in total. The van der Waals surface area contributed by atoms with Gasteiger partial charge in [-0.15, -0.1) is 0 Å². The van der Waals surface area contributed by atoms with Crippen molar-refractivity contribution in [3.63, 3.8) is 0 Å². The van der Waals surface area contributed by atoms with Crippen LogP contribution in [0.1, 0.15) is 36.7 Å². The molecule has 0 fully saturated rings. The number of carboxylic acids is 1. The Labute approximate surface area is 146 Å². The lowest BCUT2D eigenvalue weighted by Crippen LogP contribution is -2.45.